The van der Waals surface area contributed by atoms with Crippen molar-refractivity contribution in [1.29, 1.82) is 0 Å². The van der Waals surface area contributed by atoms with E-state index in [1.54, 1.807) is 12.1 Å². The number of hydrogen-bond acceptors (Lipinski definition) is 4. The fourth-order valence-electron chi connectivity index (χ4n) is 2.70. The van der Waals surface area contributed by atoms with E-state index in [0.29, 0.717) is 25.1 Å². The number of hydrogen-bond donors (Lipinski definition) is 2. The van der Waals surface area contributed by atoms with E-state index in [9.17, 15) is 20.0 Å². The normalized spacial score (nSPS) is 17.4. The number of nitrogens with one attached hydrogen (secondary N) is 1. The third kappa shape index (κ3) is 3.07. The van der Waals surface area contributed by atoms with E-state index in [4.69, 9.17) is 0 Å². The highest BCUT2D eigenvalue weighted by Crippen LogP contribution is 2.37. The van der Waals surface area contributed by atoms with E-state index >= 15 is 0 Å². The number of non-ortho nitro benzene ring substituents is 1. The van der Waals surface area contributed by atoms with Gasteiger partial charge in [-0.2, -0.15) is 0 Å². The van der Waals surface area contributed by atoms with Crippen molar-refractivity contribution in [3.05, 3.63) is 34.4 Å². The molecule has 1 saturated carbocycles. The Balaban J connectivity index is 2.08. The second kappa shape index (κ2) is 5.90. The molecule has 1 aliphatic carbocycles. The standard InChI is InChI=1S/C14H18N2O4/c17-13(18)14(7-2-1-3-8-14)10-15-11-5-4-6-12(9-11)16(19)20/h4-6,9,15H,1-3,7-8,10H2,(H,17,18). The molecule has 0 bridgehead atoms. The third-order valence-electron chi connectivity index (χ3n) is 3.95. The van der Waals surface area contributed by atoms with Crippen LogP contribution in [0.4, 0.5) is 11.4 Å². The highest BCUT2D eigenvalue weighted by molar-refractivity contribution is 5.75. The molecule has 0 radical (unpaired) electrons. The molecule has 6 heteroatoms. The number of carbonyl (C=O) groups is 1. The SMILES string of the molecule is O=C(O)C1(CNc2cccc([N+](=O)[O-])c2)CCCCC1. The number of nitro benzene ring substituents is 1. The summed E-state index contributed by atoms with van der Waals surface area (Å²) in [7, 11) is 0. The van der Waals surface area contributed by atoms with Crippen molar-refractivity contribution in [2.45, 2.75) is 32.1 Å². The summed E-state index contributed by atoms with van der Waals surface area (Å²) in [4.78, 5) is 21.8. The van der Waals surface area contributed by atoms with Crippen molar-refractivity contribution in [3.8, 4) is 0 Å². The molecule has 20 heavy (non-hydrogen) atoms. The Bertz CT molecular complexity index is 510. The minimum atomic E-state index is -0.782. The van der Waals surface area contributed by atoms with Gasteiger partial charge in [0.15, 0.2) is 0 Å². The minimum Gasteiger partial charge on any atom is -0.481 e. The Hall–Kier alpha value is -2.11. The van der Waals surface area contributed by atoms with Gasteiger partial charge in [-0.1, -0.05) is 25.3 Å². The lowest BCUT2D eigenvalue weighted by atomic mass is 9.74. The maximum atomic E-state index is 11.5. The fourth-order valence-corrected chi connectivity index (χ4v) is 2.70. The lowest BCUT2D eigenvalue weighted by Crippen LogP contribution is -2.39. The molecule has 0 saturated heterocycles. The van der Waals surface area contributed by atoms with Gasteiger partial charge in [0.2, 0.25) is 0 Å². The molecule has 1 fully saturated rings. The number of benzene rings is 1. The predicted molar refractivity (Wildman–Crippen MR) is 74.7 cm³/mol. The van der Waals surface area contributed by atoms with Gasteiger partial charge in [-0.05, 0) is 18.9 Å². The third-order valence-corrected chi connectivity index (χ3v) is 3.95. The maximum absolute atomic E-state index is 11.5. The van der Waals surface area contributed by atoms with Crippen molar-refractivity contribution < 1.29 is 14.8 Å². The molecule has 1 aromatic rings. The molecule has 1 aromatic carbocycles. The van der Waals surface area contributed by atoms with Gasteiger partial charge in [0.25, 0.3) is 5.69 Å². The molecule has 0 aromatic heterocycles. The molecule has 2 rings (SSSR count). The zero-order chi connectivity index (χ0) is 14.6. The van der Waals surface area contributed by atoms with Crippen LogP contribution in [-0.2, 0) is 4.79 Å². The van der Waals surface area contributed by atoms with E-state index in [0.717, 1.165) is 19.3 Å². The Morgan fingerprint density at radius 1 is 1.35 bits per heavy atom. The summed E-state index contributed by atoms with van der Waals surface area (Å²) in [6.45, 7) is 0.309. The van der Waals surface area contributed by atoms with Gasteiger partial charge >= 0.3 is 5.97 Å². The Morgan fingerprint density at radius 2 is 2.05 bits per heavy atom. The summed E-state index contributed by atoms with van der Waals surface area (Å²) < 4.78 is 0. The molecule has 0 unspecified atom stereocenters. The number of carboxylic acids is 1. The summed E-state index contributed by atoms with van der Waals surface area (Å²) >= 11 is 0. The van der Waals surface area contributed by atoms with Crippen LogP contribution in [-0.4, -0.2) is 22.5 Å². The summed E-state index contributed by atoms with van der Waals surface area (Å²) in [6.07, 6.45) is 4.23. The quantitative estimate of drug-likeness (QED) is 0.638. The zero-order valence-corrected chi connectivity index (χ0v) is 11.2. The molecule has 2 N–H and O–H groups in total. The molecule has 108 valence electrons. The number of anilines is 1. The second-order valence-corrected chi connectivity index (χ2v) is 5.31. The number of nitrogens with zero attached hydrogens (tertiary/aromatic N) is 1. The lowest BCUT2D eigenvalue weighted by molar-refractivity contribution is -0.384. The largest absolute Gasteiger partial charge is 0.481 e. The van der Waals surface area contributed by atoms with Crippen molar-refractivity contribution in [2.75, 3.05) is 11.9 Å². The molecule has 0 amide bonds. The molecule has 0 atom stereocenters. The summed E-state index contributed by atoms with van der Waals surface area (Å²) in [6, 6.07) is 6.15. The van der Waals surface area contributed by atoms with Gasteiger partial charge in [0.1, 0.15) is 0 Å². The van der Waals surface area contributed by atoms with Crippen molar-refractivity contribution in [1.82, 2.24) is 0 Å². The fraction of sp³-hybridized carbons (Fsp3) is 0.500. The first-order valence-electron chi connectivity index (χ1n) is 6.75. The van der Waals surface area contributed by atoms with Gasteiger partial charge in [0, 0.05) is 24.4 Å². The van der Waals surface area contributed by atoms with E-state index < -0.39 is 16.3 Å². The topological polar surface area (TPSA) is 92.5 Å². The minimum absolute atomic E-state index is 0.00280. The van der Waals surface area contributed by atoms with Gasteiger partial charge in [0.05, 0.1) is 10.3 Å². The van der Waals surface area contributed by atoms with Gasteiger partial charge in [-0.15, -0.1) is 0 Å². The van der Waals surface area contributed by atoms with Gasteiger partial charge < -0.3 is 10.4 Å². The highest BCUT2D eigenvalue weighted by atomic mass is 16.6. The van der Waals surface area contributed by atoms with Crippen LogP contribution in [0.25, 0.3) is 0 Å². The van der Waals surface area contributed by atoms with Crippen LogP contribution >= 0.6 is 0 Å². The van der Waals surface area contributed by atoms with E-state index in [-0.39, 0.29) is 5.69 Å². The number of aliphatic carboxylic acids is 1. The Labute approximate surface area is 117 Å². The van der Waals surface area contributed by atoms with Crippen molar-refractivity contribution in [2.24, 2.45) is 5.41 Å². The van der Waals surface area contributed by atoms with Crippen LogP contribution in [0.3, 0.4) is 0 Å². The van der Waals surface area contributed by atoms with E-state index in [2.05, 4.69) is 5.32 Å². The lowest BCUT2D eigenvalue weighted by Gasteiger charge is -2.33. The number of carboxylic acid groups (broad SMARTS) is 1. The second-order valence-electron chi connectivity index (χ2n) is 5.31. The van der Waals surface area contributed by atoms with Crippen LogP contribution in [0.5, 0.6) is 0 Å². The average molecular weight is 278 g/mol. The van der Waals surface area contributed by atoms with Gasteiger partial charge in [-0.25, -0.2) is 0 Å². The Morgan fingerprint density at radius 3 is 2.65 bits per heavy atom. The summed E-state index contributed by atoms with van der Waals surface area (Å²) in [5.41, 5.74) is -0.156. The smallest absolute Gasteiger partial charge is 0.311 e. The number of nitro groups is 1. The van der Waals surface area contributed by atoms with Crippen LogP contribution in [0.2, 0.25) is 0 Å². The first-order chi connectivity index (χ1) is 9.53. The molecule has 0 spiro atoms. The van der Waals surface area contributed by atoms with Crippen LogP contribution in [0, 0.1) is 15.5 Å². The van der Waals surface area contributed by atoms with Crippen LogP contribution < -0.4 is 5.32 Å². The monoisotopic (exact) mass is 278 g/mol. The van der Waals surface area contributed by atoms with Crippen LogP contribution in [0.15, 0.2) is 24.3 Å². The average Bonchev–Trinajstić information content (AvgIpc) is 2.46. The molecule has 6 nitrogen and oxygen atoms in total. The van der Waals surface area contributed by atoms with Crippen molar-refractivity contribution >= 4 is 17.3 Å². The van der Waals surface area contributed by atoms with E-state index in [1.807, 2.05) is 0 Å². The zero-order valence-electron chi connectivity index (χ0n) is 11.2. The molecule has 1 aliphatic rings. The molecule has 0 heterocycles. The van der Waals surface area contributed by atoms with Crippen molar-refractivity contribution in [3.63, 3.8) is 0 Å². The van der Waals surface area contributed by atoms with E-state index in [1.165, 1.54) is 12.1 Å². The molecular formula is C14H18N2O4. The van der Waals surface area contributed by atoms with Gasteiger partial charge in [-0.3, -0.25) is 14.9 Å². The summed E-state index contributed by atoms with van der Waals surface area (Å²) in [5.74, 6) is -0.782. The Kier molecular flexibility index (Phi) is 4.22. The first-order valence-corrected chi connectivity index (χ1v) is 6.75. The molecular weight excluding hydrogens is 260 g/mol. The highest BCUT2D eigenvalue weighted by Gasteiger charge is 2.39. The maximum Gasteiger partial charge on any atom is 0.311 e. The van der Waals surface area contributed by atoms with Crippen LogP contribution in [0.1, 0.15) is 32.1 Å². The molecule has 0 aliphatic heterocycles. The predicted octanol–water partition coefficient (Wildman–Crippen LogP) is 3.04. The number of rotatable bonds is 5. The first kappa shape index (κ1) is 14.3. The summed E-state index contributed by atoms with van der Waals surface area (Å²) in [5, 5.41) is 23.2.